The van der Waals surface area contributed by atoms with Crippen molar-refractivity contribution in [1.29, 1.82) is 0 Å². The van der Waals surface area contributed by atoms with Crippen LogP contribution in [-0.2, 0) is 0 Å². The normalized spacial score (nSPS) is 23.6. The maximum absolute atomic E-state index is 13.2. The number of fused-ring (bicyclic) bond motifs is 2. The Morgan fingerprint density at radius 3 is 2.46 bits per heavy atom. The highest BCUT2D eigenvalue weighted by atomic mass is 32.1. The van der Waals surface area contributed by atoms with Crippen molar-refractivity contribution in [3.8, 4) is 17.0 Å². The second-order valence-corrected chi connectivity index (χ2v) is 8.25. The summed E-state index contributed by atoms with van der Waals surface area (Å²) in [6.07, 6.45) is 7.49. The number of hydrogen-bond acceptors (Lipinski definition) is 5. The van der Waals surface area contributed by atoms with Crippen molar-refractivity contribution in [1.82, 2.24) is 14.9 Å². The minimum Gasteiger partial charge on any atom is -0.490 e. The van der Waals surface area contributed by atoms with Gasteiger partial charge in [-0.2, -0.15) is 0 Å². The van der Waals surface area contributed by atoms with E-state index in [1.165, 1.54) is 11.3 Å². The molecule has 5 rings (SSSR count). The van der Waals surface area contributed by atoms with Gasteiger partial charge in [0.15, 0.2) is 5.01 Å². The van der Waals surface area contributed by atoms with E-state index in [2.05, 4.69) is 14.9 Å². The molecule has 0 N–H and O–H groups in total. The standard InChI is InChI=1S/C22H21N3O2S/c26-22(21-24-20(14-28-21)15-4-2-1-3-5-15)25-16-6-7-17(25)13-19(12-16)27-18-8-10-23-11-9-18/h1-5,8-11,14,16-17,19H,6-7,12-13H2. The van der Waals surface area contributed by atoms with E-state index in [-0.39, 0.29) is 24.1 Å². The van der Waals surface area contributed by atoms with Gasteiger partial charge in [0.1, 0.15) is 11.9 Å². The molecule has 4 heterocycles. The smallest absolute Gasteiger partial charge is 0.283 e. The van der Waals surface area contributed by atoms with Gasteiger partial charge in [-0.25, -0.2) is 4.98 Å². The van der Waals surface area contributed by atoms with Crippen molar-refractivity contribution in [3.63, 3.8) is 0 Å². The second kappa shape index (κ2) is 7.36. The first-order chi connectivity index (χ1) is 13.8. The van der Waals surface area contributed by atoms with Crippen molar-refractivity contribution in [2.24, 2.45) is 0 Å². The summed E-state index contributed by atoms with van der Waals surface area (Å²) in [5.74, 6) is 0.925. The van der Waals surface area contributed by atoms with Crippen molar-refractivity contribution < 1.29 is 9.53 Å². The number of amides is 1. The molecule has 2 saturated heterocycles. The van der Waals surface area contributed by atoms with E-state index in [9.17, 15) is 4.79 Å². The van der Waals surface area contributed by atoms with Crippen LogP contribution in [0, 0.1) is 0 Å². The lowest BCUT2D eigenvalue weighted by Gasteiger charge is -2.38. The number of hydrogen-bond donors (Lipinski definition) is 0. The van der Waals surface area contributed by atoms with Gasteiger partial charge < -0.3 is 9.64 Å². The van der Waals surface area contributed by atoms with Gasteiger partial charge in [0, 0.05) is 48.3 Å². The first kappa shape index (κ1) is 17.4. The molecule has 6 heteroatoms. The largest absolute Gasteiger partial charge is 0.490 e. The lowest BCUT2D eigenvalue weighted by Crippen LogP contribution is -2.49. The number of nitrogens with zero attached hydrogens (tertiary/aromatic N) is 3. The maximum atomic E-state index is 13.2. The number of piperidine rings is 1. The molecule has 0 aliphatic carbocycles. The monoisotopic (exact) mass is 391 g/mol. The van der Waals surface area contributed by atoms with Gasteiger partial charge in [-0.15, -0.1) is 11.3 Å². The Bertz CT molecular complexity index is 946. The Morgan fingerprint density at radius 2 is 1.75 bits per heavy atom. The minimum atomic E-state index is 0.0713. The van der Waals surface area contributed by atoms with Gasteiger partial charge in [-0.1, -0.05) is 30.3 Å². The SMILES string of the molecule is O=C(c1nc(-c2ccccc2)cs1)N1C2CCC1CC(Oc1ccncc1)C2. The first-order valence-electron chi connectivity index (χ1n) is 9.68. The molecule has 1 amide bonds. The van der Waals surface area contributed by atoms with Crippen LogP contribution in [-0.4, -0.2) is 39.0 Å². The summed E-state index contributed by atoms with van der Waals surface area (Å²) in [6, 6.07) is 14.3. The molecule has 0 radical (unpaired) electrons. The zero-order valence-corrected chi connectivity index (χ0v) is 16.2. The van der Waals surface area contributed by atoms with E-state index in [4.69, 9.17) is 4.74 Å². The van der Waals surface area contributed by atoms with Crippen molar-refractivity contribution in [3.05, 3.63) is 65.2 Å². The average molecular weight is 391 g/mol. The highest BCUT2D eigenvalue weighted by molar-refractivity contribution is 7.12. The molecule has 2 bridgehead atoms. The molecule has 3 aromatic rings. The van der Waals surface area contributed by atoms with Crippen molar-refractivity contribution in [2.45, 2.75) is 43.9 Å². The summed E-state index contributed by atoms with van der Waals surface area (Å²) in [6.45, 7) is 0. The fourth-order valence-corrected chi connectivity index (χ4v) is 5.16. The van der Waals surface area contributed by atoms with Gasteiger partial charge in [0.25, 0.3) is 5.91 Å². The molecular weight excluding hydrogens is 370 g/mol. The van der Waals surface area contributed by atoms with Gasteiger partial charge in [-0.05, 0) is 25.0 Å². The third-order valence-electron chi connectivity index (χ3n) is 5.63. The van der Waals surface area contributed by atoms with Crippen LogP contribution in [0.3, 0.4) is 0 Å². The number of ether oxygens (including phenoxy) is 1. The molecule has 0 spiro atoms. The van der Waals surface area contributed by atoms with E-state index >= 15 is 0 Å². The minimum absolute atomic E-state index is 0.0713. The maximum Gasteiger partial charge on any atom is 0.283 e. The Balaban J connectivity index is 1.30. The summed E-state index contributed by atoms with van der Waals surface area (Å²) < 4.78 is 6.14. The van der Waals surface area contributed by atoms with Crippen LogP contribution in [0.1, 0.15) is 35.5 Å². The molecule has 5 nitrogen and oxygen atoms in total. The van der Waals surface area contributed by atoms with Crippen molar-refractivity contribution >= 4 is 17.2 Å². The Kier molecular flexibility index (Phi) is 4.56. The molecule has 28 heavy (non-hydrogen) atoms. The predicted octanol–water partition coefficient (Wildman–Crippen LogP) is 4.42. The molecule has 2 unspecified atom stereocenters. The molecular formula is C22H21N3O2S. The quantitative estimate of drug-likeness (QED) is 0.661. The zero-order chi connectivity index (χ0) is 18.9. The van der Waals surface area contributed by atoms with Crippen LogP contribution in [0.5, 0.6) is 5.75 Å². The van der Waals surface area contributed by atoms with Crippen molar-refractivity contribution in [2.75, 3.05) is 0 Å². The number of rotatable bonds is 4. The van der Waals surface area contributed by atoms with Crippen LogP contribution in [0.15, 0.2) is 60.2 Å². The van der Waals surface area contributed by atoms with E-state index in [0.29, 0.717) is 5.01 Å². The molecule has 1 aromatic carbocycles. The topological polar surface area (TPSA) is 55.3 Å². The molecule has 2 aromatic heterocycles. The van der Waals surface area contributed by atoms with Gasteiger partial charge in [0.2, 0.25) is 0 Å². The Morgan fingerprint density at radius 1 is 1.04 bits per heavy atom. The lowest BCUT2D eigenvalue weighted by atomic mass is 9.99. The fraction of sp³-hybridized carbons (Fsp3) is 0.318. The van der Waals surface area contributed by atoms with Gasteiger partial charge in [0.05, 0.1) is 5.69 Å². The summed E-state index contributed by atoms with van der Waals surface area (Å²) in [5.41, 5.74) is 1.92. The number of carbonyl (C=O) groups is 1. The molecule has 2 atom stereocenters. The highest BCUT2D eigenvalue weighted by Gasteiger charge is 2.44. The van der Waals surface area contributed by atoms with E-state index < -0.39 is 0 Å². The average Bonchev–Trinajstić information content (AvgIpc) is 3.32. The summed E-state index contributed by atoms with van der Waals surface area (Å²) in [4.78, 5) is 23.9. The van der Waals surface area contributed by atoms with E-state index in [1.54, 1.807) is 12.4 Å². The molecule has 2 aliphatic rings. The Labute approximate surface area is 168 Å². The zero-order valence-electron chi connectivity index (χ0n) is 15.4. The lowest BCUT2D eigenvalue weighted by molar-refractivity contribution is 0.0358. The number of aromatic nitrogens is 2. The molecule has 2 fully saturated rings. The molecule has 142 valence electrons. The Hall–Kier alpha value is -2.73. The highest BCUT2D eigenvalue weighted by Crippen LogP contribution is 2.38. The van der Waals surface area contributed by atoms with E-state index in [0.717, 1.165) is 42.7 Å². The third-order valence-corrected chi connectivity index (χ3v) is 6.46. The van der Waals surface area contributed by atoms with Crippen LogP contribution in [0.25, 0.3) is 11.3 Å². The van der Waals surface area contributed by atoms with Gasteiger partial charge >= 0.3 is 0 Å². The number of thiazole rings is 1. The van der Waals surface area contributed by atoms with Gasteiger partial charge in [-0.3, -0.25) is 9.78 Å². The van der Waals surface area contributed by atoms with Crippen LogP contribution >= 0.6 is 11.3 Å². The first-order valence-corrected chi connectivity index (χ1v) is 10.6. The molecule has 2 aliphatic heterocycles. The summed E-state index contributed by atoms with van der Waals surface area (Å²) in [7, 11) is 0. The summed E-state index contributed by atoms with van der Waals surface area (Å²) >= 11 is 1.44. The summed E-state index contributed by atoms with van der Waals surface area (Å²) in [5, 5.41) is 2.56. The number of carbonyl (C=O) groups excluding carboxylic acids is 1. The predicted molar refractivity (Wildman–Crippen MR) is 108 cm³/mol. The number of pyridine rings is 1. The fourth-order valence-electron chi connectivity index (χ4n) is 4.39. The third kappa shape index (κ3) is 3.29. The van der Waals surface area contributed by atoms with Crippen LogP contribution in [0.4, 0.5) is 0 Å². The number of benzene rings is 1. The second-order valence-electron chi connectivity index (χ2n) is 7.40. The van der Waals surface area contributed by atoms with E-state index in [1.807, 2.05) is 47.8 Å². The van der Waals surface area contributed by atoms with Crippen LogP contribution in [0.2, 0.25) is 0 Å². The molecule has 0 saturated carbocycles. The van der Waals surface area contributed by atoms with Crippen LogP contribution < -0.4 is 4.74 Å².